The van der Waals surface area contributed by atoms with E-state index in [1.54, 1.807) is 16.9 Å². The fourth-order valence-electron chi connectivity index (χ4n) is 9.27. The monoisotopic (exact) mass is 456 g/mol. The number of aromatic nitrogens is 1. The lowest BCUT2D eigenvalue weighted by molar-refractivity contribution is -0.137. The summed E-state index contributed by atoms with van der Waals surface area (Å²) in [6, 6.07) is 0. The molecule has 0 unspecified atom stereocenters. The molecule has 0 radical (unpaired) electrons. The molecule has 0 spiro atoms. The van der Waals surface area contributed by atoms with Crippen LogP contribution < -0.4 is 5.73 Å². The minimum absolute atomic E-state index is 0.0207. The Labute approximate surface area is 197 Å². The molecule has 4 nitrogen and oxygen atoms in total. The molecule has 0 amide bonds. The summed E-state index contributed by atoms with van der Waals surface area (Å²) in [4.78, 5) is 17.3. The van der Waals surface area contributed by atoms with Crippen molar-refractivity contribution in [2.24, 2.45) is 40.4 Å². The number of rotatable bonds is 4. The number of hydrogen-bond acceptors (Lipinski definition) is 4. The average molecular weight is 457 g/mol. The first-order chi connectivity index (χ1) is 15.0. The van der Waals surface area contributed by atoms with Crippen molar-refractivity contribution in [3.05, 3.63) is 22.2 Å². The minimum Gasteiger partial charge on any atom is -0.481 e. The van der Waals surface area contributed by atoms with Gasteiger partial charge in [-0.2, -0.15) is 0 Å². The Hall–Kier alpha value is -1.36. The number of fused-ring (bicyclic) bond motifs is 6. The van der Waals surface area contributed by atoms with Crippen LogP contribution in [0.15, 0.2) is 11.6 Å². The standard InChI is InChI=1S/C27H40N2O2S/c1-15(6-11-22(30)31)17-8-9-18-16-7-10-21-25(2,3)23-20(29-24(28)32-23)14-27(21,5)19(16)12-13-26(17,18)4/h10,15-19H,6-9,11-14H2,1-5H3,(H2,28,29)(H,30,31)/t15-,16+,17-,18+,19+,26-,27-/m1/s1. The molecule has 1 heterocycles. The van der Waals surface area contributed by atoms with Gasteiger partial charge in [-0.3, -0.25) is 4.79 Å². The molecular weight excluding hydrogens is 416 g/mol. The summed E-state index contributed by atoms with van der Waals surface area (Å²) in [5.41, 5.74) is 9.61. The predicted molar refractivity (Wildman–Crippen MR) is 131 cm³/mol. The molecule has 5 heteroatoms. The molecule has 176 valence electrons. The molecule has 5 rings (SSSR count). The van der Waals surface area contributed by atoms with Crippen molar-refractivity contribution in [3.63, 3.8) is 0 Å². The van der Waals surface area contributed by atoms with E-state index in [4.69, 9.17) is 10.7 Å². The fraction of sp³-hybridized carbons (Fsp3) is 0.778. The lowest BCUT2D eigenvalue weighted by atomic mass is 9.45. The molecule has 1 aromatic heterocycles. The number of carbonyl (C=O) groups is 1. The maximum Gasteiger partial charge on any atom is 0.303 e. The molecule has 2 fully saturated rings. The molecule has 1 aromatic rings. The van der Waals surface area contributed by atoms with Crippen molar-refractivity contribution in [1.82, 2.24) is 4.98 Å². The molecule has 0 bridgehead atoms. The van der Waals surface area contributed by atoms with E-state index in [0.717, 1.165) is 24.7 Å². The first-order valence-corrected chi connectivity index (χ1v) is 13.5. The summed E-state index contributed by atoms with van der Waals surface area (Å²) in [7, 11) is 0. The van der Waals surface area contributed by atoms with Gasteiger partial charge in [-0.05, 0) is 78.9 Å². The third-order valence-corrected chi connectivity index (χ3v) is 11.8. The van der Waals surface area contributed by atoms with Crippen LogP contribution >= 0.6 is 11.3 Å². The zero-order valence-corrected chi connectivity index (χ0v) is 21.2. The van der Waals surface area contributed by atoms with Crippen molar-refractivity contribution in [2.45, 2.75) is 91.4 Å². The fourth-order valence-corrected chi connectivity index (χ4v) is 10.2. The van der Waals surface area contributed by atoms with Crippen LogP contribution in [0.4, 0.5) is 5.13 Å². The topological polar surface area (TPSA) is 76.2 Å². The van der Waals surface area contributed by atoms with E-state index in [1.807, 2.05) is 0 Å². The molecule has 0 saturated heterocycles. The van der Waals surface area contributed by atoms with Gasteiger partial charge in [0, 0.05) is 23.1 Å². The second-order valence-electron chi connectivity index (χ2n) is 12.4. The quantitative estimate of drug-likeness (QED) is 0.510. The third kappa shape index (κ3) is 3.05. The van der Waals surface area contributed by atoms with E-state index in [2.05, 4.69) is 40.7 Å². The smallest absolute Gasteiger partial charge is 0.303 e. The van der Waals surface area contributed by atoms with Crippen molar-refractivity contribution in [1.29, 1.82) is 0 Å². The number of nitrogen functional groups attached to an aromatic ring is 1. The predicted octanol–water partition coefficient (Wildman–Crippen LogP) is 6.46. The van der Waals surface area contributed by atoms with Gasteiger partial charge in [-0.25, -0.2) is 4.98 Å². The highest BCUT2D eigenvalue weighted by molar-refractivity contribution is 7.15. The Morgan fingerprint density at radius 1 is 1.25 bits per heavy atom. The SMILES string of the molecule is C[C@H](CCC(=O)O)[C@H]1CC[C@H]2[C@@H]3CC=C4C(C)(C)c5sc(N)nc5C[C@]4(C)[C@H]3CC[C@]12C. The molecule has 4 aliphatic rings. The van der Waals surface area contributed by atoms with Gasteiger partial charge < -0.3 is 10.8 Å². The zero-order chi connectivity index (χ0) is 23.1. The number of carboxylic acid groups (broad SMARTS) is 1. The largest absolute Gasteiger partial charge is 0.481 e. The number of nitrogens with two attached hydrogens (primary N) is 1. The van der Waals surface area contributed by atoms with E-state index in [0.29, 0.717) is 34.7 Å². The van der Waals surface area contributed by atoms with Crippen molar-refractivity contribution >= 4 is 22.4 Å². The normalized spacial score (nSPS) is 40.5. The number of hydrogen-bond donors (Lipinski definition) is 2. The number of anilines is 1. The van der Waals surface area contributed by atoms with Gasteiger partial charge in [0.2, 0.25) is 0 Å². The Kier molecular flexibility index (Phi) is 5.13. The number of allylic oxidation sites excluding steroid dienone is 2. The van der Waals surface area contributed by atoms with Gasteiger partial charge in [0.1, 0.15) is 0 Å². The maximum atomic E-state index is 11.2. The van der Waals surface area contributed by atoms with Crippen LogP contribution in [0.5, 0.6) is 0 Å². The van der Waals surface area contributed by atoms with Crippen LogP contribution in [0.2, 0.25) is 0 Å². The summed E-state index contributed by atoms with van der Waals surface area (Å²) in [5, 5.41) is 9.90. The lowest BCUT2D eigenvalue weighted by Gasteiger charge is -2.60. The second kappa shape index (κ2) is 7.32. The van der Waals surface area contributed by atoms with Gasteiger partial charge in [0.15, 0.2) is 5.13 Å². The van der Waals surface area contributed by atoms with Crippen LogP contribution in [0.25, 0.3) is 0 Å². The van der Waals surface area contributed by atoms with Crippen LogP contribution in [0.1, 0.15) is 90.1 Å². The number of nitrogens with zero attached hydrogens (tertiary/aromatic N) is 1. The van der Waals surface area contributed by atoms with Crippen LogP contribution in [-0.2, 0) is 16.6 Å². The van der Waals surface area contributed by atoms with Crippen LogP contribution in [-0.4, -0.2) is 16.1 Å². The lowest BCUT2D eigenvalue weighted by Crippen LogP contribution is -2.53. The molecule has 4 aliphatic carbocycles. The average Bonchev–Trinajstić information content (AvgIpc) is 3.25. The summed E-state index contributed by atoms with van der Waals surface area (Å²) in [5.74, 6) is 2.73. The van der Waals surface area contributed by atoms with Crippen molar-refractivity contribution < 1.29 is 9.90 Å². The Bertz CT molecular complexity index is 965. The van der Waals surface area contributed by atoms with Gasteiger partial charge in [0.05, 0.1) is 5.69 Å². The summed E-state index contributed by atoms with van der Waals surface area (Å²) in [6.45, 7) is 12.2. The maximum absolute atomic E-state index is 11.2. The van der Waals surface area contributed by atoms with Gasteiger partial charge in [0.25, 0.3) is 0 Å². The van der Waals surface area contributed by atoms with E-state index < -0.39 is 5.97 Å². The van der Waals surface area contributed by atoms with E-state index >= 15 is 0 Å². The van der Waals surface area contributed by atoms with E-state index in [1.165, 1.54) is 42.7 Å². The molecule has 3 N–H and O–H groups in total. The van der Waals surface area contributed by atoms with Gasteiger partial charge in [-0.1, -0.05) is 46.3 Å². The zero-order valence-electron chi connectivity index (χ0n) is 20.4. The summed E-state index contributed by atoms with van der Waals surface area (Å²) < 4.78 is 0. The van der Waals surface area contributed by atoms with E-state index in [9.17, 15) is 9.90 Å². The Morgan fingerprint density at radius 2 is 2.00 bits per heavy atom. The first-order valence-electron chi connectivity index (χ1n) is 12.7. The highest BCUT2D eigenvalue weighted by atomic mass is 32.1. The number of carboxylic acids is 1. The van der Waals surface area contributed by atoms with Crippen LogP contribution in [0, 0.1) is 40.4 Å². The third-order valence-electron chi connectivity index (χ3n) is 10.5. The van der Waals surface area contributed by atoms with E-state index in [-0.39, 0.29) is 10.8 Å². The van der Waals surface area contributed by atoms with Crippen molar-refractivity contribution in [2.75, 3.05) is 5.73 Å². The summed E-state index contributed by atoms with van der Waals surface area (Å²) in [6.07, 6.45) is 11.2. The first kappa shape index (κ1) is 22.4. The number of aliphatic carboxylic acids is 1. The van der Waals surface area contributed by atoms with Crippen LogP contribution in [0.3, 0.4) is 0 Å². The van der Waals surface area contributed by atoms with Crippen molar-refractivity contribution in [3.8, 4) is 0 Å². The molecule has 2 saturated carbocycles. The second-order valence-corrected chi connectivity index (χ2v) is 13.4. The minimum atomic E-state index is -0.653. The highest BCUT2D eigenvalue weighted by Crippen LogP contribution is 2.68. The van der Waals surface area contributed by atoms with Gasteiger partial charge >= 0.3 is 5.97 Å². The Balaban J connectivity index is 1.45. The molecule has 32 heavy (non-hydrogen) atoms. The molecule has 0 aromatic carbocycles. The highest BCUT2D eigenvalue weighted by Gasteiger charge is 2.61. The summed E-state index contributed by atoms with van der Waals surface area (Å²) >= 11 is 1.69. The molecular formula is C27H40N2O2S. The molecule has 7 atom stereocenters. The molecule has 0 aliphatic heterocycles. The number of thiazole rings is 1. The Morgan fingerprint density at radius 3 is 2.72 bits per heavy atom. The van der Waals surface area contributed by atoms with Gasteiger partial charge in [-0.15, -0.1) is 11.3 Å².